The molecule has 4 heteroatoms. The minimum atomic E-state index is 0.625. The van der Waals surface area contributed by atoms with E-state index in [4.69, 9.17) is 23.2 Å². The summed E-state index contributed by atoms with van der Waals surface area (Å²) in [5.74, 6) is 1.19. The lowest BCUT2D eigenvalue weighted by Crippen LogP contribution is -2.15. The fourth-order valence-electron chi connectivity index (χ4n) is 1.25. The molecule has 0 radical (unpaired) electrons. The summed E-state index contributed by atoms with van der Waals surface area (Å²) in [4.78, 5) is 0. The van der Waals surface area contributed by atoms with Gasteiger partial charge in [-0.05, 0) is 36.6 Å². The second-order valence-electron chi connectivity index (χ2n) is 3.24. The molecule has 15 heavy (non-hydrogen) atoms. The highest BCUT2D eigenvalue weighted by Gasteiger charge is 2.02. The Kier molecular flexibility index (Phi) is 6.50. The highest BCUT2D eigenvalue weighted by molar-refractivity contribution is 7.98. The molecule has 0 atom stereocenters. The molecule has 0 saturated carbocycles. The summed E-state index contributed by atoms with van der Waals surface area (Å²) < 4.78 is 0. The van der Waals surface area contributed by atoms with Gasteiger partial charge in [-0.3, -0.25) is 0 Å². The van der Waals surface area contributed by atoms with Gasteiger partial charge < -0.3 is 5.32 Å². The van der Waals surface area contributed by atoms with E-state index in [1.165, 1.54) is 12.2 Å². The van der Waals surface area contributed by atoms with Crippen LogP contribution in [0.3, 0.4) is 0 Å². The third-order valence-electron chi connectivity index (χ3n) is 2.05. The molecule has 0 aromatic heterocycles. The number of thioether (sulfide) groups is 1. The number of benzene rings is 1. The third kappa shape index (κ3) is 4.64. The van der Waals surface area contributed by atoms with E-state index in [0.29, 0.717) is 10.0 Å². The molecule has 1 rings (SSSR count). The highest BCUT2D eigenvalue weighted by atomic mass is 35.5. The van der Waals surface area contributed by atoms with Gasteiger partial charge in [0.1, 0.15) is 0 Å². The fourth-order valence-corrected chi connectivity index (χ4v) is 2.07. The number of nitrogens with one attached hydrogen (secondary N) is 1. The molecule has 0 heterocycles. The number of rotatable bonds is 6. The normalized spacial score (nSPS) is 10.6. The van der Waals surface area contributed by atoms with Gasteiger partial charge >= 0.3 is 0 Å². The average Bonchev–Trinajstić information content (AvgIpc) is 2.24. The van der Waals surface area contributed by atoms with Crippen LogP contribution in [-0.2, 0) is 6.54 Å². The van der Waals surface area contributed by atoms with Crippen LogP contribution in [0.4, 0.5) is 0 Å². The molecule has 1 N–H and O–H groups in total. The van der Waals surface area contributed by atoms with Crippen molar-refractivity contribution < 1.29 is 0 Å². The van der Waals surface area contributed by atoms with Crippen LogP contribution in [-0.4, -0.2) is 18.6 Å². The molecule has 84 valence electrons. The summed E-state index contributed by atoms with van der Waals surface area (Å²) in [6.45, 7) is 1.80. The van der Waals surface area contributed by atoms with Gasteiger partial charge in [0.25, 0.3) is 0 Å². The molecule has 1 nitrogen and oxygen atoms in total. The van der Waals surface area contributed by atoms with Crippen molar-refractivity contribution >= 4 is 35.0 Å². The quantitative estimate of drug-likeness (QED) is 0.783. The summed E-state index contributed by atoms with van der Waals surface area (Å²) in [6.07, 6.45) is 3.30. The van der Waals surface area contributed by atoms with E-state index >= 15 is 0 Å². The van der Waals surface area contributed by atoms with Crippen molar-refractivity contribution in [3.05, 3.63) is 33.8 Å². The summed E-state index contributed by atoms with van der Waals surface area (Å²) in [7, 11) is 0. The molecule has 0 spiro atoms. The van der Waals surface area contributed by atoms with Crippen LogP contribution in [0, 0.1) is 0 Å². The van der Waals surface area contributed by atoms with Crippen molar-refractivity contribution in [2.75, 3.05) is 18.6 Å². The van der Waals surface area contributed by atoms with Crippen molar-refractivity contribution in [1.82, 2.24) is 5.32 Å². The SMILES string of the molecule is CSCCCNCc1cccc(Cl)c1Cl. The Hall–Kier alpha value is 0.110. The first kappa shape index (κ1) is 13.2. The fraction of sp³-hybridized carbons (Fsp3) is 0.455. The zero-order valence-corrected chi connectivity index (χ0v) is 11.1. The van der Waals surface area contributed by atoms with Gasteiger partial charge in [-0.2, -0.15) is 11.8 Å². The monoisotopic (exact) mass is 263 g/mol. The van der Waals surface area contributed by atoms with Crippen molar-refractivity contribution in [3.63, 3.8) is 0 Å². The van der Waals surface area contributed by atoms with Crippen LogP contribution in [0.15, 0.2) is 18.2 Å². The van der Waals surface area contributed by atoms with Gasteiger partial charge in [0.2, 0.25) is 0 Å². The van der Waals surface area contributed by atoms with Gasteiger partial charge in [-0.15, -0.1) is 0 Å². The van der Waals surface area contributed by atoms with Crippen molar-refractivity contribution in [2.45, 2.75) is 13.0 Å². The minimum absolute atomic E-state index is 0.625. The Bertz CT molecular complexity index is 305. The lowest BCUT2D eigenvalue weighted by molar-refractivity contribution is 0.679. The Labute approximate surface area is 106 Å². The number of halogens is 2. The molecule has 0 aliphatic heterocycles. The van der Waals surface area contributed by atoms with Crippen molar-refractivity contribution in [3.8, 4) is 0 Å². The van der Waals surface area contributed by atoms with Crippen LogP contribution in [0.5, 0.6) is 0 Å². The lowest BCUT2D eigenvalue weighted by atomic mass is 10.2. The second kappa shape index (κ2) is 7.39. The molecule has 1 aromatic rings. The minimum Gasteiger partial charge on any atom is -0.313 e. The molecule has 0 fully saturated rings. The van der Waals surface area contributed by atoms with Crippen LogP contribution in [0.1, 0.15) is 12.0 Å². The predicted molar refractivity (Wildman–Crippen MR) is 71.2 cm³/mol. The largest absolute Gasteiger partial charge is 0.313 e. The van der Waals surface area contributed by atoms with Gasteiger partial charge in [0.05, 0.1) is 10.0 Å². The van der Waals surface area contributed by atoms with E-state index < -0.39 is 0 Å². The maximum absolute atomic E-state index is 6.06. The van der Waals surface area contributed by atoms with Crippen LogP contribution < -0.4 is 5.32 Å². The molecule has 0 unspecified atom stereocenters. The first-order chi connectivity index (χ1) is 7.25. The molecular formula is C11H15Cl2NS. The summed E-state index contributed by atoms with van der Waals surface area (Å²) >= 11 is 13.8. The van der Waals surface area contributed by atoms with E-state index in [0.717, 1.165) is 18.7 Å². The standard InChI is InChI=1S/C11H15Cl2NS/c1-15-7-3-6-14-8-9-4-2-5-10(12)11(9)13/h2,4-5,14H,3,6-8H2,1H3. The highest BCUT2D eigenvalue weighted by Crippen LogP contribution is 2.25. The van der Waals surface area contributed by atoms with E-state index in [9.17, 15) is 0 Å². The Balaban J connectivity index is 2.34. The Morgan fingerprint density at radius 3 is 2.87 bits per heavy atom. The lowest BCUT2D eigenvalue weighted by Gasteiger charge is -2.07. The molecule has 1 aromatic carbocycles. The Morgan fingerprint density at radius 1 is 1.33 bits per heavy atom. The predicted octanol–water partition coefficient (Wildman–Crippen LogP) is 3.84. The van der Waals surface area contributed by atoms with Crippen molar-refractivity contribution in [1.29, 1.82) is 0 Å². The second-order valence-corrected chi connectivity index (χ2v) is 5.01. The maximum atomic E-state index is 6.06. The van der Waals surface area contributed by atoms with Gasteiger partial charge in [0, 0.05) is 6.54 Å². The van der Waals surface area contributed by atoms with Crippen LogP contribution in [0.25, 0.3) is 0 Å². The van der Waals surface area contributed by atoms with E-state index in [1.54, 1.807) is 6.07 Å². The number of hydrogen-bond acceptors (Lipinski definition) is 2. The zero-order chi connectivity index (χ0) is 11.1. The molecule has 0 saturated heterocycles. The zero-order valence-electron chi connectivity index (χ0n) is 8.72. The van der Waals surface area contributed by atoms with E-state index in [1.807, 2.05) is 23.9 Å². The van der Waals surface area contributed by atoms with Gasteiger partial charge in [-0.25, -0.2) is 0 Å². The van der Waals surface area contributed by atoms with Crippen molar-refractivity contribution in [2.24, 2.45) is 0 Å². The molecular weight excluding hydrogens is 249 g/mol. The van der Waals surface area contributed by atoms with Crippen LogP contribution >= 0.6 is 35.0 Å². The van der Waals surface area contributed by atoms with Crippen LogP contribution in [0.2, 0.25) is 10.0 Å². The maximum Gasteiger partial charge on any atom is 0.0637 e. The number of hydrogen-bond donors (Lipinski definition) is 1. The smallest absolute Gasteiger partial charge is 0.0637 e. The molecule has 0 bridgehead atoms. The average molecular weight is 264 g/mol. The Morgan fingerprint density at radius 2 is 2.13 bits per heavy atom. The van der Waals surface area contributed by atoms with Gasteiger partial charge in [-0.1, -0.05) is 35.3 Å². The third-order valence-corrected chi connectivity index (χ3v) is 3.60. The van der Waals surface area contributed by atoms with E-state index in [-0.39, 0.29) is 0 Å². The topological polar surface area (TPSA) is 12.0 Å². The summed E-state index contributed by atoms with van der Waals surface area (Å²) in [5, 5.41) is 4.64. The molecule has 0 amide bonds. The first-order valence-electron chi connectivity index (χ1n) is 4.88. The van der Waals surface area contributed by atoms with E-state index in [2.05, 4.69) is 11.6 Å². The first-order valence-corrected chi connectivity index (χ1v) is 7.03. The molecule has 0 aliphatic rings. The summed E-state index contributed by atoms with van der Waals surface area (Å²) in [6, 6.07) is 5.73. The summed E-state index contributed by atoms with van der Waals surface area (Å²) in [5.41, 5.74) is 1.06. The van der Waals surface area contributed by atoms with Gasteiger partial charge in [0.15, 0.2) is 0 Å². The molecule has 0 aliphatic carbocycles.